The van der Waals surface area contributed by atoms with Crippen LogP contribution in [-0.4, -0.2) is 113 Å². The number of nitrogens with one attached hydrogen (secondary N) is 2. The van der Waals surface area contributed by atoms with E-state index in [-0.39, 0.29) is 16.8 Å². The number of amides is 2. The molecule has 0 saturated carbocycles. The quantitative estimate of drug-likeness (QED) is 0.0476. The second kappa shape index (κ2) is 19.0. The van der Waals surface area contributed by atoms with E-state index in [1.165, 1.54) is 65.6 Å². The number of carbonyl (C=O) groups is 2. The number of methoxy groups -OCH3 is 1. The maximum Gasteiger partial charge on any atom is 0.481 e. The van der Waals surface area contributed by atoms with Gasteiger partial charge in [0.25, 0.3) is 12.1 Å². The molecule has 0 radical (unpaired) electrons. The van der Waals surface area contributed by atoms with E-state index in [0.717, 1.165) is 16.3 Å². The number of pyridine rings is 1. The third-order valence-corrected chi connectivity index (χ3v) is 13.3. The highest BCUT2D eigenvalue weighted by Gasteiger charge is 2.50. The normalized spacial score (nSPS) is 25.0. The van der Waals surface area contributed by atoms with Crippen LogP contribution in [-0.2, 0) is 38.5 Å². The Bertz CT molecular complexity index is 2800. The monoisotopic (exact) mass is 937 g/mol. The molecule has 65 heavy (non-hydrogen) atoms. The zero-order valence-corrected chi connectivity index (χ0v) is 35.9. The number of phosphoric acid groups is 2. The zero-order valence-electron chi connectivity index (χ0n) is 34.1. The first-order chi connectivity index (χ1) is 31.1. The van der Waals surface area contributed by atoms with Crippen LogP contribution in [0, 0.1) is 0 Å². The Kier molecular flexibility index (Phi) is 13.4. The summed E-state index contributed by atoms with van der Waals surface area (Å²) in [5.74, 6) is -0.603. The molecule has 0 spiro atoms. The molecule has 10 atom stereocenters. The van der Waals surface area contributed by atoms with E-state index in [9.17, 15) is 43.8 Å². The van der Waals surface area contributed by atoms with Gasteiger partial charge in [0.15, 0.2) is 41.7 Å². The molecule has 2 aliphatic rings. The number of nitrogens with two attached hydrogens (primary N) is 1. The molecule has 2 amide bonds. The van der Waals surface area contributed by atoms with Gasteiger partial charge in [-0.1, -0.05) is 48.5 Å². The van der Waals surface area contributed by atoms with Gasteiger partial charge in [-0.25, -0.2) is 24.1 Å². The van der Waals surface area contributed by atoms with Crippen LogP contribution in [0.5, 0.6) is 5.75 Å². The molecule has 2 aliphatic heterocycles. The number of primary amides is 1. The van der Waals surface area contributed by atoms with Crippen LogP contribution in [0.3, 0.4) is 0 Å². The number of phosphoric ester groups is 2. The number of hydrogen-bond donors (Lipinski definition) is 8. The van der Waals surface area contributed by atoms with Gasteiger partial charge in [-0.05, 0) is 34.5 Å². The third kappa shape index (κ3) is 10.1. The number of hydrogen-bond acceptors (Lipinski definition) is 17. The number of nitrogens with zero attached hydrogens (tertiary/aromatic N) is 5. The number of rotatable bonds is 17. The molecule has 23 nitrogen and oxygen atoms in total. The summed E-state index contributed by atoms with van der Waals surface area (Å²) >= 11 is 0. The lowest BCUT2D eigenvalue weighted by molar-refractivity contribution is -0.765. The molecule has 25 heteroatoms. The summed E-state index contributed by atoms with van der Waals surface area (Å²) < 4.78 is 60.0. The molecule has 3 aromatic carbocycles. The van der Waals surface area contributed by atoms with Gasteiger partial charge in [-0.3, -0.25) is 23.2 Å². The fourth-order valence-corrected chi connectivity index (χ4v) is 9.56. The Morgan fingerprint density at radius 2 is 1.54 bits per heavy atom. The largest absolute Gasteiger partial charge is 0.497 e. The van der Waals surface area contributed by atoms with Crippen molar-refractivity contribution in [2.24, 2.45) is 5.73 Å². The Labute approximate surface area is 368 Å². The highest BCUT2D eigenvalue weighted by Crippen LogP contribution is 2.61. The molecule has 0 aliphatic carbocycles. The number of aromatic nitrogens is 5. The molecule has 342 valence electrons. The summed E-state index contributed by atoms with van der Waals surface area (Å²) in [7, 11) is -9.54. The van der Waals surface area contributed by atoms with E-state index in [4.69, 9.17) is 29.0 Å². The van der Waals surface area contributed by atoms with E-state index in [1.54, 1.807) is 12.1 Å². The fraction of sp³-hybridized carbons (Fsp3) is 0.300. The number of ether oxygens (including phenoxy) is 3. The van der Waals surface area contributed by atoms with Crippen LogP contribution in [0.2, 0.25) is 0 Å². The summed E-state index contributed by atoms with van der Waals surface area (Å²) in [6.07, 6.45) is -4.97. The highest BCUT2D eigenvalue weighted by molar-refractivity contribution is 7.61. The third-order valence-electron chi connectivity index (χ3n) is 10.7. The van der Waals surface area contributed by atoms with Crippen molar-refractivity contribution < 1.29 is 76.0 Å². The topological polar surface area (TPSA) is 322 Å². The van der Waals surface area contributed by atoms with Crippen molar-refractivity contribution in [1.82, 2.24) is 24.8 Å². The van der Waals surface area contributed by atoms with Gasteiger partial charge < -0.3 is 55.7 Å². The molecule has 9 N–H and O–H groups in total. The van der Waals surface area contributed by atoms with Crippen molar-refractivity contribution in [3.05, 3.63) is 121 Å². The smallest absolute Gasteiger partial charge is 0.481 e. The lowest BCUT2D eigenvalue weighted by atomic mass is 10.0. The van der Waals surface area contributed by atoms with E-state index < -0.39 is 89.7 Å². The summed E-state index contributed by atoms with van der Waals surface area (Å²) in [5, 5.41) is 40.9. The van der Waals surface area contributed by atoms with Crippen LogP contribution in [0.1, 0.15) is 38.7 Å². The van der Waals surface area contributed by atoms with Crippen molar-refractivity contribution >= 4 is 55.2 Å². The average Bonchev–Trinajstić information content (AvgIpc) is 3.96. The first kappa shape index (κ1) is 45.8. The Morgan fingerprint density at radius 1 is 0.846 bits per heavy atom. The van der Waals surface area contributed by atoms with E-state index in [2.05, 4.69) is 29.9 Å². The summed E-state index contributed by atoms with van der Waals surface area (Å²) in [5.41, 5.74) is 7.11. The second-order valence-corrected chi connectivity index (χ2v) is 17.9. The van der Waals surface area contributed by atoms with Gasteiger partial charge >= 0.3 is 15.6 Å². The first-order valence-electron chi connectivity index (χ1n) is 19.8. The maximum absolute atomic E-state index is 13.6. The molecule has 8 rings (SSSR count). The Morgan fingerprint density at radius 3 is 2.26 bits per heavy atom. The SMILES string of the molecule is COc1cccc(C(=O)NC2C(O)[C@@H](COP(=O)(O)OP(=O)(O)OC[C@H]3O[C@@H]([n+]4ccc(C(N)=O)cc4)C(O)C3O)O[C@H]2n2cnc3c(NCc4cccc5ccccc45)ncnc32)c1. The van der Waals surface area contributed by atoms with Crippen molar-refractivity contribution in [3.8, 4) is 5.75 Å². The number of carbonyl (C=O) groups excluding carboxylic acids is 2. The Balaban J connectivity index is 0.956. The molecule has 6 aromatic rings. The number of benzene rings is 3. The predicted molar refractivity (Wildman–Crippen MR) is 224 cm³/mol. The molecular formula is C40H43N8O15P2+. The molecule has 2 saturated heterocycles. The molecule has 0 bridgehead atoms. The summed E-state index contributed by atoms with van der Waals surface area (Å²) in [6, 6.07) is 21.5. The minimum atomic E-state index is -5.51. The second-order valence-electron chi connectivity index (χ2n) is 14.9. The summed E-state index contributed by atoms with van der Waals surface area (Å²) in [4.78, 5) is 59.2. The highest BCUT2D eigenvalue weighted by atomic mass is 31.3. The van der Waals surface area contributed by atoms with Gasteiger partial charge in [0, 0.05) is 24.2 Å². The van der Waals surface area contributed by atoms with Crippen LogP contribution in [0.4, 0.5) is 5.82 Å². The van der Waals surface area contributed by atoms with Gasteiger partial charge in [0.2, 0.25) is 5.91 Å². The van der Waals surface area contributed by atoms with Crippen LogP contribution in [0.15, 0.2) is 104 Å². The van der Waals surface area contributed by atoms with Crippen LogP contribution in [0.25, 0.3) is 21.9 Å². The number of fused-ring (bicyclic) bond motifs is 2. The predicted octanol–water partition coefficient (Wildman–Crippen LogP) is 1.61. The van der Waals surface area contributed by atoms with Crippen LogP contribution < -0.4 is 25.7 Å². The van der Waals surface area contributed by atoms with Gasteiger partial charge in [-0.2, -0.15) is 8.88 Å². The van der Waals surface area contributed by atoms with Crippen LogP contribution >= 0.6 is 15.6 Å². The van der Waals surface area contributed by atoms with Crippen molar-refractivity contribution in [2.45, 2.75) is 55.6 Å². The average molecular weight is 938 g/mol. The van der Waals surface area contributed by atoms with E-state index >= 15 is 0 Å². The molecule has 3 aromatic heterocycles. The van der Waals surface area contributed by atoms with E-state index in [1.807, 2.05) is 42.5 Å². The minimum Gasteiger partial charge on any atom is -0.497 e. The molecular weight excluding hydrogens is 894 g/mol. The number of imidazole rings is 1. The van der Waals surface area contributed by atoms with Crippen molar-refractivity contribution in [1.29, 1.82) is 0 Å². The number of anilines is 1. The van der Waals surface area contributed by atoms with Crippen molar-refractivity contribution in [2.75, 3.05) is 25.6 Å². The summed E-state index contributed by atoms with van der Waals surface area (Å²) in [6.45, 7) is -1.46. The minimum absolute atomic E-state index is 0.158. The van der Waals surface area contributed by atoms with Gasteiger partial charge in [0.1, 0.15) is 42.5 Å². The lowest BCUT2D eigenvalue weighted by Gasteiger charge is -2.23. The van der Waals surface area contributed by atoms with E-state index in [0.29, 0.717) is 23.6 Å². The molecule has 5 heterocycles. The Hall–Kier alpha value is -5.78. The van der Waals surface area contributed by atoms with Gasteiger partial charge in [-0.15, -0.1) is 0 Å². The standard InChI is InChI=1S/C40H42N8O15P2/c1-58-26-10-5-8-24(16-26)38(53)46-30-32(49)28(61-39(30)48-21-45-31-36(43-20-44-37(31)48)42-17-25-9-4-7-22-6-2-3-11-27(22)25)18-59-64(54,55)63-65(56,57)60-19-29-33(50)34(51)40(62-29)47-14-12-23(13-15-47)35(41)52/h2-16,20-21,28-30,32-34,39-40,49-51H,17-19H2,1H3,(H5-,41,42,43,44,46,52,53,54,55,56,57)/p+1/t28-,29-,30?,32?,33?,34?,39-,40-/m1/s1. The van der Waals surface area contributed by atoms with Gasteiger partial charge in [0.05, 0.1) is 32.2 Å². The first-order valence-corrected chi connectivity index (χ1v) is 22.7. The molecule has 6 unspecified atom stereocenters. The number of aliphatic hydroxyl groups excluding tert-OH is 3. The fourth-order valence-electron chi connectivity index (χ4n) is 7.47. The lowest BCUT2D eigenvalue weighted by Crippen LogP contribution is -2.46. The molecule has 2 fully saturated rings. The maximum atomic E-state index is 13.6. The number of aliphatic hydroxyl groups is 3. The zero-order chi connectivity index (χ0) is 46.0. The van der Waals surface area contributed by atoms with Crippen molar-refractivity contribution in [3.63, 3.8) is 0 Å².